The van der Waals surface area contributed by atoms with Gasteiger partial charge in [0.15, 0.2) is 0 Å². The van der Waals surface area contributed by atoms with Crippen LogP contribution < -0.4 is 10.5 Å². The Balaban J connectivity index is 2.00. The number of halogens is 1. The number of anilines is 1. The van der Waals surface area contributed by atoms with E-state index in [9.17, 15) is 14.0 Å². The van der Waals surface area contributed by atoms with Crippen molar-refractivity contribution in [2.75, 3.05) is 11.4 Å². The van der Waals surface area contributed by atoms with Crippen LogP contribution in [0.5, 0.6) is 0 Å². The summed E-state index contributed by atoms with van der Waals surface area (Å²) in [4.78, 5) is 29.7. The maximum Gasteiger partial charge on any atom is 0.251 e. The minimum Gasteiger partial charge on any atom is -0.323 e. The van der Waals surface area contributed by atoms with Crippen LogP contribution in [0, 0.1) is 5.82 Å². The number of rotatable bonds is 4. The number of pyridine rings is 1. The zero-order valence-corrected chi connectivity index (χ0v) is 14.9. The van der Waals surface area contributed by atoms with Crippen LogP contribution in [0.4, 0.5) is 10.1 Å². The molecule has 0 saturated carbocycles. The van der Waals surface area contributed by atoms with Crippen molar-refractivity contribution in [3.8, 4) is 0 Å². The van der Waals surface area contributed by atoms with Crippen molar-refractivity contribution >= 4 is 11.6 Å². The Hall–Kier alpha value is -2.43. The van der Waals surface area contributed by atoms with Crippen molar-refractivity contribution in [2.45, 2.75) is 45.4 Å². The largest absolute Gasteiger partial charge is 0.323 e. The summed E-state index contributed by atoms with van der Waals surface area (Å²) in [6, 6.07) is 7.94. The molecule has 3 rings (SSSR count). The molecule has 1 aliphatic rings. The van der Waals surface area contributed by atoms with Gasteiger partial charge in [0.05, 0.1) is 5.69 Å². The number of hydrogen-bond acceptors (Lipinski definition) is 2. The van der Waals surface area contributed by atoms with Gasteiger partial charge in [-0.3, -0.25) is 9.59 Å². The molecule has 2 aromatic rings. The summed E-state index contributed by atoms with van der Waals surface area (Å²) >= 11 is 0. The Morgan fingerprint density at radius 2 is 1.96 bits per heavy atom. The lowest BCUT2D eigenvalue weighted by molar-refractivity contribution is -0.118. The lowest BCUT2D eigenvalue weighted by Crippen LogP contribution is -2.33. The summed E-state index contributed by atoms with van der Waals surface area (Å²) in [6.45, 7) is 6.60. The van der Waals surface area contributed by atoms with Crippen molar-refractivity contribution in [1.29, 1.82) is 0 Å². The van der Waals surface area contributed by atoms with Crippen molar-refractivity contribution in [3.05, 3.63) is 63.3 Å². The second-order valence-electron chi connectivity index (χ2n) is 7.30. The molecule has 0 spiro atoms. The van der Waals surface area contributed by atoms with Gasteiger partial charge in [0, 0.05) is 36.1 Å². The van der Waals surface area contributed by atoms with Crippen LogP contribution in [0.1, 0.15) is 50.4 Å². The Bertz CT molecular complexity index is 853. The average Bonchev–Trinajstić information content (AvgIpc) is 2.81. The molecule has 0 radical (unpaired) electrons. The molecule has 0 unspecified atom stereocenters. The fourth-order valence-electron chi connectivity index (χ4n) is 3.37. The van der Waals surface area contributed by atoms with Gasteiger partial charge >= 0.3 is 0 Å². The molecular formula is C20H23FN2O2. The van der Waals surface area contributed by atoms with E-state index in [-0.39, 0.29) is 22.7 Å². The lowest BCUT2D eigenvalue weighted by atomic mass is 9.91. The molecule has 0 atom stereocenters. The molecular weight excluding hydrogens is 319 g/mol. The van der Waals surface area contributed by atoms with Crippen LogP contribution >= 0.6 is 0 Å². The molecule has 1 N–H and O–H groups in total. The number of carbonyl (C=O) groups is 1. The van der Waals surface area contributed by atoms with E-state index in [1.54, 1.807) is 17.0 Å². The lowest BCUT2D eigenvalue weighted by Gasteiger charge is -2.20. The Morgan fingerprint density at radius 3 is 2.60 bits per heavy atom. The highest BCUT2D eigenvalue weighted by atomic mass is 19.1. The third kappa shape index (κ3) is 3.36. The average molecular weight is 342 g/mol. The maximum absolute atomic E-state index is 13.1. The fourth-order valence-corrected chi connectivity index (χ4v) is 3.37. The first kappa shape index (κ1) is 17.4. The van der Waals surface area contributed by atoms with E-state index in [1.807, 2.05) is 26.8 Å². The van der Waals surface area contributed by atoms with Crippen LogP contribution in [0.2, 0.25) is 0 Å². The maximum atomic E-state index is 13.1. The Morgan fingerprint density at radius 1 is 1.28 bits per heavy atom. The first-order valence-corrected chi connectivity index (χ1v) is 8.63. The molecule has 4 nitrogen and oxygen atoms in total. The molecule has 25 heavy (non-hydrogen) atoms. The van der Waals surface area contributed by atoms with E-state index in [0.29, 0.717) is 24.9 Å². The van der Waals surface area contributed by atoms with Crippen molar-refractivity contribution in [2.24, 2.45) is 0 Å². The van der Waals surface area contributed by atoms with Gasteiger partial charge in [0.25, 0.3) is 5.56 Å². The van der Waals surface area contributed by atoms with Gasteiger partial charge in [-0.1, -0.05) is 32.9 Å². The van der Waals surface area contributed by atoms with E-state index < -0.39 is 0 Å². The van der Waals surface area contributed by atoms with Crippen LogP contribution in [-0.4, -0.2) is 17.4 Å². The van der Waals surface area contributed by atoms with Gasteiger partial charge < -0.3 is 9.88 Å². The first-order valence-electron chi connectivity index (χ1n) is 8.63. The minimum atomic E-state index is -0.301. The quantitative estimate of drug-likeness (QED) is 0.924. The summed E-state index contributed by atoms with van der Waals surface area (Å²) in [5.74, 6) is -0.223. The molecule has 1 aromatic heterocycles. The normalized spacial score (nSPS) is 15.3. The number of fused-ring (bicyclic) bond motifs is 1. The zero-order valence-electron chi connectivity index (χ0n) is 14.9. The van der Waals surface area contributed by atoms with Crippen LogP contribution in [0.15, 0.2) is 35.1 Å². The van der Waals surface area contributed by atoms with Gasteiger partial charge in [0.1, 0.15) is 5.82 Å². The number of H-pyrrole nitrogens is 1. The van der Waals surface area contributed by atoms with Gasteiger partial charge in [0.2, 0.25) is 5.91 Å². The number of hydrogen-bond donors (Lipinski definition) is 1. The predicted molar refractivity (Wildman–Crippen MR) is 96.6 cm³/mol. The van der Waals surface area contributed by atoms with E-state index in [0.717, 1.165) is 23.4 Å². The first-order chi connectivity index (χ1) is 11.8. The summed E-state index contributed by atoms with van der Waals surface area (Å²) < 4.78 is 13.1. The van der Waals surface area contributed by atoms with Gasteiger partial charge in [-0.15, -0.1) is 0 Å². The van der Waals surface area contributed by atoms with E-state index in [4.69, 9.17) is 0 Å². The summed E-state index contributed by atoms with van der Waals surface area (Å²) in [5.41, 5.74) is 2.60. The highest BCUT2D eigenvalue weighted by Crippen LogP contribution is 2.39. The van der Waals surface area contributed by atoms with Gasteiger partial charge in [-0.25, -0.2) is 4.39 Å². The number of aromatic nitrogens is 1. The highest BCUT2D eigenvalue weighted by Gasteiger charge is 2.39. The number of nitrogens with one attached hydrogen (secondary N) is 1. The SMILES string of the molecule is CCCC(=O)N1CC(C)(C)c2[nH]c(=O)c(Cc3ccc(F)cc3)cc21. The second-order valence-corrected chi connectivity index (χ2v) is 7.30. The fraction of sp³-hybridized carbons (Fsp3) is 0.400. The van der Waals surface area contributed by atoms with Gasteiger partial charge in [-0.2, -0.15) is 0 Å². The summed E-state index contributed by atoms with van der Waals surface area (Å²) in [5, 5.41) is 0. The van der Waals surface area contributed by atoms with Crippen molar-refractivity contribution in [3.63, 3.8) is 0 Å². The van der Waals surface area contributed by atoms with Crippen LogP contribution in [0.25, 0.3) is 0 Å². The number of carbonyl (C=O) groups excluding carboxylic acids is 1. The van der Waals surface area contributed by atoms with Crippen LogP contribution in [0.3, 0.4) is 0 Å². The third-order valence-electron chi connectivity index (χ3n) is 4.69. The number of nitrogens with zero attached hydrogens (tertiary/aromatic N) is 1. The minimum absolute atomic E-state index is 0.0779. The third-order valence-corrected chi connectivity index (χ3v) is 4.69. The standard InChI is InChI=1S/C20H23FN2O2/c1-4-5-17(24)23-12-20(2,3)18-16(23)11-14(19(25)22-18)10-13-6-8-15(21)9-7-13/h6-9,11H,4-5,10,12H2,1-3H3,(H,22,25). The van der Waals surface area contributed by atoms with Crippen molar-refractivity contribution < 1.29 is 9.18 Å². The Kier molecular flexibility index (Phi) is 4.50. The highest BCUT2D eigenvalue weighted by molar-refractivity contribution is 5.96. The summed E-state index contributed by atoms with van der Waals surface area (Å²) in [6.07, 6.45) is 1.68. The number of amides is 1. The number of aromatic amines is 1. The van der Waals surface area contributed by atoms with E-state index in [1.165, 1.54) is 12.1 Å². The monoisotopic (exact) mass is 342 g/mol. The molecule has 0 saturated heterocycles. The Labute approximate surface area is 146 Å². The zero-order chi connectivity index (χ0) is 18.2. The second kappa shape index (κ2) is 6.47. The molecule has 132 valence electrons. The molecule has 1 aliphatic heterocycles. The molecule has 5 heteroatoms. The van der Waals surface area contributed by atoms with E-state index >= 15 is 0 Å². The smallest absolute Gasteiger partial charge is 0.251 e. The van der Waals surface area contributed by atoms with Gasteiger partial charge in [-0.05, 0) is 30.2 Å². The molecule has 1 aromatic carbocycles. The molecule has 0 fully saturated rings. The number of benzene rings is 1. The summed E-state index contributed by atoms with van der Waals surface area (Å²) in [7, 11) is 0. The molecule has 0 bridgehead atoms. The predicted octanol–water partition coefficient (Wildman–Crippen LogP) is 3.53. The van der Waals surface area contributed by atoms with E-state index in [2.05, 4.69) is 4.98 Å². The molecule has 0 aliphatic carbocycles. The topological polar surface area (TPSA) is 53.2 Å². The van der Waals surface area contributed by atoms with Crippen molar-refractivity contribution in [1.82, 2.24) is 4.98 Å². The van der Waals surface area contributed by atoms with Crippen LogP contribution in [-0.2, 0) is 16.6 Å². The molecule has 1 amide bonds. The molecule has 2 heterocycles.